The molecule has 1 amide bonds. The predicted molar refractivity (Wildman–Crippen MR) is 108 cm³/mol. The molecule has 0 saturated heterocycles. The molecule has 0 spiro atoms. The summed E-state index contributed by atoms with van der Waals surface area (Å²) in [6, 6.07) is 10.8. The lowest BCUT2D eigenvalue weighted by Gasteiger charge is -2.13. The number of para-hydroxylation sites is 1. The van der Waals surface area contributed by atoms with Crippen LogP contribution in [0.5, 0.6) is 5.75 Å². The standard InChI is InChI=1S/C21H25NO6S/c1-14(2)12-22-20(23)13-27-21(24)17-7-5-6-8-18(17)28-29(25,26)19-11-15(3)9-10-16(19)4/h5-11,14H,12-13H2,1-4H3,(H,22,23). The summed E-state index contributed by atoms with van der Waals surface area (Å²) in [5, 5.41) is 2.63. The van der Waals surface area contributed by atoms with E-state index in [0.717, 1.165) is 5.56 Å². The summed E-state index contributed by atoms with van der Waals surface area (Å²) >= 11 is 0. The van der Waals surface area contributed by atoms with Crippen LogP contribution in [0.1, 0.15) is 35.3 Å². The lowest BCUT2D eigenvalue weighted by atomic mass is 10.2. The molecule has 0 aliphatic heterocycles. The van der Waals surface area contributed by atoms with Crippen molar-refractivity contribution in [2.75, 3.05) is 13.2 Å². The third kappa shape index (κ3) is 6.32. The number of amides is 1. The van der Waals surface area contributed by atoms with Gasteiger partial charge in [0.15, 0.2) is 12.4 Å². The van der Waals surface area contributed by atoms with Crippen molar-refractivity contribution in [1.82, 2.24) is 5.32 Å². The molecule has 2 aromatic carbocycles. The first-order valence-corrected chi connectivity index (χ1v) is 10.6. The topological polar surface area (TPSA) is 98.8 Å². The average Bonchev–Trinajstić information content (AvgIpc) is 2.66. The van der Waals surface area contributed by atoms with E-state index in [-0.39, 0.29) is 22.1 Å². The first kappa shape index (κ1) is 22.4. The highest BCUT2D eigenvalue weighted by Crippen LogP contribution is 2.25. The van der Waals surface area contributed by atoms with E-state index < -0.39 is 28.6 Å². The van der Waals surface area contributed by atoms with Crippen LogP contribution in [-0.2, 0) is 19.6 Å². The van der Waals surface area contributed by atoms with Gasteiger partial charge in [-0.3, -0.25) is 4.79 Å². The van der Waals surface area contributed by atoms with E-state index in [1.54, 1.807) is 38.1 Å². The van der Waals surface area contributed by atoms with Crippen LogP contribution in [0.2, 0.25) is 0 Å². The lowest BCUT2D eigenvalue weighted by Crippen LogP contribution is -2.31. The van der Waals surface area contributed by atoms with E-state index in [9.17, 15) is 18.0 Å². The van der Waals surface area contributed by atoms with Gasteiger partial charge in [0, 0.05) is 6.54 Å². The Labute approximate surface area is 171 Å². The highest BCUT2D eigenvalue weighted by atomic mass is 32.2. The second-order valence-electron chi connectivity index (χ2n) is 7.08. The molecule has 0 atom stereocenters. The fraction of sp³-hybridized carbons (Fsp3) is 0.333. The largest absolute Gasteiger partial charge is 0.452 e. The highest BCUT2D eigenvalue weighted by Gasteiger charge is 2.23. The van der Waals surface area contributed by atoms with Crippen LogP contribution in [0.15, 0.2) is 47.4 Å². The van der Waals surface area contributed by atoms with Gasteiger partial charge in [0.1, 0.15) is 10.5 Å². The molecule has 29 heavy (non-hydrogen) atoms. The van der Waals surface area contributed by atoms with Crippen LogP contribution in [0.3, 0.4) is 0 Å². The van der Waals surface area contributed by atoms with Gasteiger partial charge in [0.25, 0.3) is 5.91 Å². The molecule has 1 N–H and O–H groups in total. The Kier molecular flexibility index (Phi) is 7.39. The van der Waals surface area contributed by atoms with Crippen molar-refractivity contribution in [3.05, 3.63) is 59.2 Å². The number of aryl methyl sites for hydroxylation is 2. The van der Waals surface area contributed by atoms with Crippen LogP contribution >= 0.6 is 0 Å². The summed E-state index contributed by atoms with van der Waals surface area (Å²) in [4.78, 5) is 24.1. The van der Waals surface area contributed by atoms with Crippen molar-refractivity contribution in [2.45, 2.75) is 32.6 Å². The van der Waals surface area contributed by atoms with Crippen LogP contribution in [0.25, 0.3) is 0 Å². The van der Waals surface area contributed by atoms with Gasteiger partial charge in [-0.05, 0) is 49.1 Å². The normalized spacial score (nSPS) is 11.2. The SMILES string of the molecule is Cc1ccc(C)c(S(=O)(=O)Oc2ccccc2C(=O)OCC(=O)NCC(C)C)c1. The molecular formula is C21H25NO6S. The number of hydrogen-bond donors (Lipinski definition) is 1. The highest BCUT2D eigenvalue weighted by molar-refractivity contribution is 7.87. The first-order chi connectivity index (χ1) is 13.6. The van der Waals surface area contributed by atoms with Gasteiger partial charge in [-0.2, -0.15) is 8.42 Å². The smallest absolute Gasteiger partial charge is 0.342 e. The number of hydrogen-bond acceptors (Lipinski definition) is 6. The van der Waals surface area contributed by atoms with Crippen LogP contribution < -0.4 is 9.50 Å². The minimum absolute atomic E-state index is 0.0220. The van der Waals surface area contributed by atoms with Crippen molar-refractivity contribution in [3.8, 4) is 5.75 Å². The maximum absolute atomic E-state index is 12.7. The summed E-state index contributed by atoms with van der Waals surface area (Å²) in [7, 11) is -4.16. The zero-order valence-electron chi connectivity index (χ0n) is 16.9. The third-order valence-electron chi connectivity index (χ3n) is 3.96. The summed E-state index contributed by atoms with van der Waals surface area (Å²) in [6.07, 6.45) is 0. The Hall–Kier alpha value is -2.87. The molecule has 0 saturated carbocycles. The Morgan fingerprint density at radius 2 is 1.76 bits per heavy atom. The van der Waals surface area contributed by atoms with Gasteiger partial charge in [0.05, 0.1) is 0 Å². The fourth-order valence-electron chi connectivity index (χ4n) is 2.43. The zero-order valence-corrected chi connectivity index (χ0v) is 17.7. The number of rotatable bonds is 8. The number of carbonyl (C=O) groups is 2. The molecule has 0 aromatic heterocycles. The minimum Gasteiger partial charge on any atom is -0.452 e. The van der Waals surface area contributed by atoms with Gasteiger partial charge in [-0.15, -0.1) is 0 Å². The van der Waals surface area contributed by atoms with Crippen molar-refractivity contribution in [1.29, 1.82) is 0 Å². The van der Waals surface area contributed by atoms with Crippen LogP contribution in [0, 0.1) is 19.8 Å². The van der Waals surface area contributed by atoms with Crippen LogP contribution in [0.4, 0.5) is 0 Å². The monoisotopic (exact) mass is 419 g/mol. The summed E-state index contributed by atoms with van der Waals surface area (Å²) < 4.78 is 35.7. The van der Waals surface area contributed by atoms with Crippen molar-refractivity contribution in [3.63, 3.8) is 0 Å². The van der Waals surface area contributed by atoms with Gasteiger partial charge in [-0.1, -0.05) is 38.1 Å². The molecule has 0 radical (unpaired) electrons. The Bertz CT molecular complexity index is 998. The van der Waals surface area contributed by atoms with Gasteiger partial charge in [0.2, 0.25) is 0 Å². The number of nitrogens with one attached hydrogen (secondary N) is 1. The second-order valence-corrected chi connectivity index (χ2v) is 8.59. The molecule has 7 nitrogen and oxygen atoms in total. The predicted octanol–water partition coefficient (Wildman–Crippen LogP) is 3.00. The Balaban J connectivity index is 2.17. The molecule has 0 heterocycles. The molecule has 8 heteroatoms. The average molecular weight is 419 g/mol. The lowest BCUT2D eigenvalue weighted by molar-refractivity contribution is -0.124. The van der Waals surface area contributed by atoms with E-state index in [0.29, 0.717) is 12.1 Å². The van der Waals surface area contributed by atoms with E-state index in [4.69, 9.17) is 8.92 Å². The van der Waals surface area contributed by atoms with Gasteiger partial charge < -0.3 is 14.2 Å². The zero-order chi connectivity index (χ0) is 21.6. The molecule has 2 aromatic rings. The maximum Gasteiger partial charge on any atom is 0.342 e. The van der Waals surface area contributed by atoms with Crippen LogP contribution in [-0.4, -0.2) is 33.4 Å². The molecule has 0 fully saturated rings. The van der Waals surface area contributed by atoms with Gasteiger partial charge >= 0.3 is 16.1 Å². The van der Waals surface area contributed by atoms with E-state index in [1.165, 1.54) is 18.2 Å². The van der Waals surface area contributed by atoms with E-state index in [2.05, 4.69) is 5.32 Å². The number of carbonyl (C=O) groups excluding carboxylic acids is 2. The third-order valence-corrected chi connectivity index (χ3v) is 5.34. The molecule has 0 aliphatic rings. The van der Waals surface area contributed by atoms with Crippen molar-refractivity contribution < 1.29 is 26.9 Å². The summed E-state index contributed by atoms with van der Waals surface area (Å²) in [6.45, 7) is 7.31. The molecule has 0 unspecified atom stereocenters. The maximum atomic E-state index is 12.7. The van der Waals surface area contributed by atoms with Crippen molar-refractivity contribution >= 4 is 22.0 Å². The number of esters is 1. The quantitative estimate of drug-likeness (QED) is 0.522. The van der Waals surface area contributed by atoms with E-state index in [1.807, 2.05) is 13.8 Å². The summed E-state index contributed by atoms with van der Waals surface area (Å²) in [5.74, 6) is -1.19. The first-order valence-electron chi connectivity index (χ1n) is 9.14. The van der Waals surface area contributed by atoms with Gasteiger partial charge in [-0.25, -0.2) is 4.79 Å². The fourth-order valence-corrected chi connectivity index (χ4v) is 3.69. The second kappa shape index (κ2) is 9.56. The molecule has 0 aliphatic carbocycles. The van der Waals surface area contributed by atoms with Crippen molar-refractivity contribution in [2.24, 2.45) is 5.92 Å². The molecular weight excluding hydrogens is 394 g/mol. The Morgan fingerprint density at radius 1 is 1.07 bits per heavy atom. The number of ether oxygens (including phenoxy) is 1. The molecule has 156 valence electrons. The van der Waals surface area contributed by atoms with E-state index >= 15 is 0 Å². The number of benzene rings is 2. The minimum atomic E-state index is -4.16. The Morgan fingerprint density at radius 3 is 2.45 bits per heavy atom. The molecule has 0 bridgehead atoms. The summed E-state index contributed by atoms with van der Waals surface area (Å²) in [5.41, 5.74) is 1.20. The molecule has 2 rings (SSSR count).